The molecule has 0 fully saturated rings. The smallest absolute Gasteiger partial charge is 0.242 e. The highest BCUT2D eigenvalue weighted by molar-refractivity contribution is 6.27. The SMILES string of the molecule is CCCNC(=O)[C@H](C)NC(=O)CCl. The molecule has 0 aliphatic carbocycles. The Morgan fingerprint density at radius 2 is 2.08 bits per heavy atom. The molecule has 0 spiro atoms. The van der Waals surface area contributed by atoms with Gasteiger partial charge < -0.3 is 10.6 Å². The normalized spacial score (nSPS) is 11.9. The first-order valence-electron chi connectivity index (χ1n) is 4.24. The fourth-order valence-corrected chi connectivity index (χ4v) is 0.824. The Morgan fingerprint density at radius 1 is 1.46 bits per heavy atom. The monoisotopic (exact) mass is 206 g/mol. The molecule has 0 bridgehead atoms. The molecule has 0 aliphatic heterocycles. The van der Waals surface area contributed by atoms with Gasteiger partial charge in [-0.2, -0.15) is 0 Å². The second-order valence-electron chi connectivity index (χ2n) is 2.71. The zero-order chi connectivity index (χ0) is 10.3. The largest absolute Gasteiger partial charge is 0.354 e. The van der Waals surface area contributed by atoms with Crippen LogP contribution in [0, 0.1) is 0 Å². The van der Waals surface area contributed by atoms with Crippen LogP contribution in [-0.2, 0) is 9.59 Å². The molecule has 2 amide bonds. The van der Waals surface area contributed by atoms with Crippen LogP contribution < -0.4 is 10.6 Å². The van der Waals surface area contributed by atoms with E-state index in [1.54, 1.807) is 6.92 Å². The van der Waals surface area contributed by atoms with E-state index in [2.05, 4.69) is 10.6 Å². The number of alkyl halides is 1. The molecular weight excluding hydrogens is 192 g/mol. The summed E-state index contributed by atoms with van der Waals surface area (Å²) in [5.41, 5.74) is 0. The first-order valence-corrected chi connectivity index (χ1v) is 4.78. The average molecular weight is 207 g/mol. The molecule has 76 valence electrons. The van der Waals surface area contributed by atoms with Crippen molar-refractivity contribution in [1.82, 2.24) is 10.6 Å². The van der Waals surface area contributed by atoms with Crippen molar-refractivity contribution in [3.8, 4) is 0 Å². The van der Waals surface area contributed by atoms with Gasteiger partial charge in [-0.1, -0.05) is 6.92 Å². The van der Waals surface area contributed by atoms with Gasteiger partial charge in [0.25, 0.3) is 0 Å². The highest BCUT2D eigenvalue weighted by atomic mass is 35.5. The van der Waals surface area contributed by atoms with Crippen molar-refractivity contribution >= 4 is 23.4 Å². The molecule has 0 aromatic carbocycles. The van der Waals surface area contributed by atoms with Crippen LogP contribution in [0.2, 0.25) is 0 Å². The minimum atomic E-state index is -0.516. The van der Waals surface area contributed by atoms with Crippen LogP contribution in [0.15, 0.2) is 0 Å². The predicted octanol–water partition coefficient (Wildman–Crippen LogP) is 0.256. The van der Waals surface area contributed by atoms with Crippen molar-refractivity contribution in [2.75, 3.05) is 12.4 Å². The molecule has 0 aromatic heterocycles. The zero-order valence-electron chi connectivity index (χ0n) is 7.89. The van der Waals surface area contributed by atoms with Gasteiger partial charge in [0.15, 0.2) is 0 Å². The first kappa shape index (κ1) is 12.2. The average Bonchev–Trinajstić information content (AvgIpc) is 2.13. The molecule has 0 aromatic rings. The molecule has 0 rings (SSSR count). The summed E-state index contributed by atoms with van der Waals surface area (Å²) in [4.78, 5) is 22.0. The number of amides is 2. The van der Waals surface area contributed by atoms with Crippen LogP contribution >= 0.6 is 11.6 Å². The summed E-state index contributed by atoms with van der Waals surface area (Å²) in [5.74, 6) is -0.632. The second kappa shape index (κ2) is 6.71. The van der Waals surface area contributed by atoms with E-state index in [1.807, 2.05) is 6.92 Å². The lowest BCUT2D eigenvalue weighted by Gasteiger charge is -2.12. The summed E-state index contributed by atoms with van der Waals surface area (Å²) in [7, 11) is 0. The predicted molar refractivity (Wildman–Crippen MR) is 51.6 cm³/mol. The summed E-state index contributed by atoms with van der Waals surface area (Å²) >= 11 is 5.26. The zero-order valence-corrected chi connectivity index (χ0v) is 8.65. The third-order valence-corrected chi connectivity index (χ3v) is 1.68. The van der Waals surface area contributed by atoms with Gasteiger partial charge in [-0.15, -0.1) is 11.6 Å². The molecule has 0 aliphatic rings. The molecule has 0 radical (unpaired) electrons. The van der Waals surface area contributed by atoms with E-state index in [9.17, 15) is 9.59 Å². The van der Waals surface area contributed by atoms with Crippen LogP contribution in [-0.4, -0.2) is 30.3 Å². The van der Waals surface area contributed by atoms with E-state index in [4.69, 9.17) is 11.6 Å². The van der Waals surface area contributed by atoms with Gasteiger partial charge >= 0.3 is 0 Å². The number of carbonyl (C=O) groups is 2. The van der Waals surface area contributed by atoms with E-state index in [-0.39, 0.29) is 17.7 Å². The number of hydrogen-bond acceptors (Lipinski definition) is 2. The topological polar surface area (TPSA) is 58.2 Å². The lowest BCUT2D eigenvalue weighted by atomic mass is 10.3. The van der Waals surface area contributed by atoms with Crippen molar-refractivity contribution in [1.29, 1.82) is 0 Å². The van der Waals surface area contributed by atoms with Gasteiger partial charge in [-0.3, -0.25) is 9.59 Å². The first-order chi connectivity index (χ1) is 6.11. The summed E-state index contributed by atoms with van der Waals surface area (Å²) in [6, 6.07) is -0.516. The molecule has 5 heteroatoms. The maximum atomic E-state index is 11.2. The van der Waals surface area contributed by atoms with Gasteiger partial charge in [0.05, 0.1) is 0 Å². The molecule has 0 heterocycles. The van der Waals surface area contributed by atoms with Gasteiger partial charge in [0.1, 0.15) is 11.9 Å². The van der Waals surface area contributed by atoms with E-state index < -0.39 is 6.04 Å². The van der Waals surface area contributed by atoms with Crippen LogP contribution in [0.4, 0.5) is 0 Å². The lowest BCUT2D eigenvalue weighted by Crippen LogP contribution is -2.45. The minimum absolute atomic E-state index is 0.120. The summed E-state index contributed by atoms with van der Waals surface area (Å²) in [6.45, 7) is 4.21. The highest BCUT2D eigenvalue weighted by Crippen LogP contribution is 1.84. The molecule has 0 saturated heterocycles. The fourth-order valence-electron chi connectivity index (χ4n) is 0.747. The van der Waals surface area contributed by atoms with Crippen LogP contribution in [0.25, 0.3) is 0 Å². The molecular formula is C8H15ClN2O2. The van der Waals surface area contributed by atoms with Gasteiger partial charge in [0, 0.05) is 6.54 Å². The van der Waals surface area contributed by atoms with E-state index in [0.717, 1.165) is 6.42 Å². The molecule has 4 nitrogen and oxygen atoms in total. The quantitative estimate of drug-likeness (QED) is 0.634. The standard InChI is InChI=1S/C8H15ClN2O2/c1-3-4-10-8(13)6(2)11-7(12)5-9/h6H,3-5H2,1-2H3,(H,10,13)(H,11,12)/t6-/m0/s1. The Labute approximate surface area is 83.0 Å². The van der Waals surface area contributed by atoms with Crippen molar-refractivity contribution in [3.05, 3.63) is 0 Å². The number of rotatable bonds is 5. The van der Waals surface area contributed by atoms with Crippen molar-refractivity contribution in [2.24, 2.45) is 0 Å². The Kier molecular flexibility index (Phi) is 6.32. The molecule has 1 atom stereocenters. The van der Waals surface area contributed by atoms with Crippen LogP contribution in [0.3, 0.4) is 0 Å². The number of hydrogen-bond donors (Lipinski definition) is 2. The van der Waals surface area contributed by atoms with Gasteiger partial charge in [0.2, 0.25) is 11.8 Å². The van der Waals surface area contributed by atoms with E-state index in [0.29, 0.717) is 6.54 Å². The number of nitrogens with one attached hydrogen (secondary N) is 2. The van der Waals surface area contributed by atoms with Gasteiger partial charge in [-0.25, -0.2) is 0 Å². The van der Waals surface area contributed by atoms with Gasteiger partial charge in [-0.05, 0) is 13.3 Å². The molecule has 2 N–H and O–H groups in total. The maximum Gasteiger partial charge on any atom is 0.242 e. The molecule has 0 saturated carbocycles. The van der Waals surface area contributed by atoms with Crippen LogP contribution in [0.1, 0.15) is 20.3 Å². The fraction of sp³-hybridized carbons (Fsp3) is 0.750. The van der Waals surface area contributed by atoms with Crippen molar-refractivity contribution in [2.45, 2.75) is 26.3 Å². The maximum absolute atomic E-state index is 11.2. The Hall–Kier alpha value is -0.770. The Balaban J connectivity index is 3.75. The van der Waals surface area contributed by atoms with E-state index >= 15 is 0 Å². The summed E-state index contributed by atoms with van der Waals surface area (Å²) in [5, 5.41) is 5.12. The van der Waals surface area contributed by atoms with E-state index in [1.165, 1.54) is 0 Å². The summed E-state index contributed by atoms with van der Waals surface area (Å²) in [6.07, 6.45) is 0.877. The van der Waals surface area contributed by atoms with Crippen molar-refractivity contribution < 1.29 is 9.59 Å². The number of carbonyl (C=O) groups excluding carboxylic acids is 2. The third kappa shape index (κ3) is 5.47. The highest BCUT2D eigenvalue weighted by Gasteiger charge is 2.13. The number of halogens is 1. The third-order valence-electron chi connectivity index (χ3n) is 1.44. The Morgan fingerprint density at radius 3 is 2.54 bits per heavy atom. The molecule has 0 unspecified atom stereocenters. The van der Waals surface area contributed by atoms with Crippen molar-refractivity contribution in [3.63, 3.8) is 0 Å². The molecule has 13 heavy (non-hydrogen) atoms. The summed E-state index contributed by atoms with van der Waals surface area (Å²) < 4.78 is 0. The minimum Gasteiger partial charge on any atom is -0.354 e. The second-order valence-corrected chi connectivity index (χ2v) is 2.98. The Bertz CT molecular complexity index is 185. The van der Waals surface area contributed by atoms with Crippen LogP contribution in [0.5, 0.6) is 0 Å². The lowest BCUT2D eigenvalue weighted by molar-refractivity contribution is -0.127.